The zero-order valence-electron chi connectivity index (χ0n) is 28.1. The van der Waals surface area contributed by atoms with Crippen molar-refractivity contribution in [2.24, 2.45) is 0 Å². The summed E-state index contributed by atoms with van der Waals surface area (Å²) >= 11 is 6.19. The minimum atomic E-state index is -0.407. The quantitative estimate of drug-likeness (QED) is 0.282. The molecule has 0 aliphatic carbocycles. The molecule has 6 heterocycles. The Kier molecular flexibility index (Phi) is 9.63. The minimum absolute atomic E-state index is 0.127. The fourth-order valence-electron chi connectivity index (χ4n) is 6.04. The van der Waals surface area contributed by atoms with E-state index in [-0.39, 0.29) is 35.9 Å². The maximum Gasteiger partial charge on any atom is 0.317 e. The topological polar surface area (TPSA) is 150 Å². The summed E-state index contributed by atoms with van der Waals surface area (Å²) in [6, 6.07) is 11.3. The number of halogens is 1. The van der Waals surface area contributed by atoms with Gasteiger partial charge in [-0.25, -0.2) is 19.3 Å². The maximum atomic E-state index is 12.9. The Bertz CT molecular complexity index is 1870. The first-order valence-corrected chi connectivity index (χ1v) is 16.7. The molecule has 2 saturated heterocycles. The molecule has 2 aliphatic rings. The van der Waals surface area contributed by atoms with Crippen molar-refractivity contribution in [2.45, 2.75) is 57.7 Å². The SMILES string of the molecule is CC(C)(C)NC(=O)N1CCO[C@@H](COc2cc(-c3ccc(N4CCC(C)(NC(=O)c5ncccc5Cl)CC4)nc3)c3c(C#N)cnn3c2)C1. The Morgan fingerprint density at radius 2 is 1.96 bits per heavy atom. The number of hydrogen-bond acceptors (Lipinski definition) is 9. The second kappa shape index (κ2) is 13.9. The first kappa shape index (κ1) is 34.0. The minimum Gasteiger partial charge on any atom is -0.489 e. The lowest BCUT2D eigenvalue weighted by molar-refractivity contribution is -0.0358. The molecule has 1 atom stereocenters. The van der Waals surface area contributed by atoms with Gasteiger partial charge in [-0.3, -0.25) is 4.79 Å². The lowest BCUT2D eigenvalue weighted by Crippen LogP contribution is -2.54. The average Bonchev–Trinajstić information content (AvgIpc) is 3.50. The van der Waals surface area contributed by atoms with E-state index in [1.807, 2.05) is 45.9 Å². The van der Waals surface area contributed by atoms with E-state index < -0.39 is 5.54 Å². The summed E-state index contributed by atoms with van der Waals surface area (Å²) in [5.41, 5.74) is 2.13. The molecule has 256 valence electrons. The molecule has 0 saturated carbocycles. The molecule has 2 aliphatic heterocycles. The predicted molar refractivity (Wildman–Crippen MR) is 185 cm³/mol. The summed E-state index contributed by atoms with van der Waals surface area (Å²) in [5.74, 6) is 1.08. The summed E-state index contributed by atoms with van der Waals surface area (Å²) in [6.45, 7) is 10.9. The highest BCUT2D eigenvalue weighted by Gasteiger charge is 2.33. The van der Waals surface area contributed by atoms with Gasteiger partial charge in [0.15, 0.2) is 0 Å². The van der Waals surface area contributed by atoms with Crippen LogP contribution in [-0.2, 0) is 4.74 Å². The molecule has 0 radical (unpaired) electrons. The molecule has 0 unspecified atom stereocenters. The molecule has 6 rings (SSSR count). The molecule has 0 bridgehead atoms. The van der Waals surface area contributed by atoms with Crippen LogP contribution in [0.15, 0.2) is 55.1 Å². The smallest absolute Gasteiger partial charge is 0.317 e. The van der Waals surface area contributed by atoms with Gasteiger partial charge < -0.3 is 29.9 Å². The van der Waals surface area contributed by atoms with Gasteiger partial charge >= 0.3 is 6.03 Å². The van der Waals surface area contributed by atoms with E-state index in [2.05, 4.69) is 31.7 Å². The Hall–Kier alpha value is -4.93. The number of pyridine rings is 3. The van der Waals surface area contributed by atoms with Crippen molar-refractivity contribution in [1.29, 1.82) is 5.26 Å². The van der Waals surface area contributed by atoms with Gasteiger partial charge in [-0.2, -0.15) is 10.4 Å². The number of nitrogens with one attached hydrogen (secondary N) is 2. The third-order valence-corrected chi connectivity index (χ3v) is 8.99. The number of piperidine rings is 1. The van der Waals surface area contributed by atoms with Gasteiger partial charge in [0.2, 0.25) is 0 Å². The van der Waals surface area contributed by atoms with Crippen LogP contribution in [0, 0.1) is 11.3 Å². The molecule has 2 fully saturated rings. The number of morpholine rings is 1. The van der Waals surface area contributed by atoms with Crippen molar-refractivity contribution < 1.29 is 19.1 Å². The monoisotopic (exact) mass is 685 g/mol. The van der Waals surface area contributed by atoms with Gasteiger partial charge in [-0.05, 0) is 70.9 Å². The number of urea groups is 1. The van der Waals surface area contributed by atoms with Gasteiger partial charge in [0.1, 0.15) is 36.0 Å². The highest BCUT2D eigenvalue weighted by molar-refractivity contribution is 6.33. The third kappa shape index (κ3) is 7.87. The van der Waals surface area contributed by atoms with Gasteiger partial charge in [-0.15, -0.1) is 0 Å². The molecule has 3 amide bonds. The summed E-state index contributed by atoms with van der Waals surface area (Å²) < 4.78 is 13.7. The molecular weight excluding hydrogens is 646 g/mol. The number of hydrogen-bond donors (Lipinski definition) is 2. The highest BCUT2D eigenvalue weighted by Crippen LogP contribution is 2.32. The zero-order valence-corrected chi connectivity index (χ0v) is 28.8. The number of fused-ring (bicyclic) bond motifs is 1. The highest BCUT2D eigenvalue weighted by atomic mass is 35.5. The number of rotatable bonds is 7. The van der Waals surface area contributed by atoms with Gasteiger partial charge in [-0.1, -0.05) is 11.6 Å². The number of nitriles is 1. The summed E-state index contributed by atoms with van der Waals surface area (Å²) in [7, 11) is 0. The van der Waals surface area contributed by atoms with Gasteiger partial charge in [0.25, 0.3) is 5.91 Å². The largest absolute Gasteiger partial charge is 0.489 e. The second-order valence-corrected chi connectivity index (χ2v) is 14.1. The molecule has 13 nitrogen and oxygen atoms in total. The molecule has 4 aromatic rings. The third-order valence-electron chi connectivity index (χ3n) is 8.69. The second-order valence-electron chi connectivity index (χ2n) is 13.7. The van der Waals surface area contributed by atoms with E-state index in [0.29, 0.717) is 54.6 Å². The lowest BCUT2D eigenvalue weighted by Gasteiger charge is -2.40. The van der Waals surface area contributed by atoms with Crippen LogP contribution in [0.4, 0.5) is 10.6 Å². The number of carbonyl (C=O) groups excluding carboxylic acids is 2. The molecule has 4 aromatic heterocycles. The van der Waals surface area contributed by atoms with Crippen LogP contribution in [0.5, 0.6) is 5.75 Å². The van der Waals surface area contributed by atoms with Crippen LogP contribution in [0.1, 0.15) is 56.6 Å². The fourth-order valence-corrected chi connectivity index (χ4v) is 6.25. The molecular formula is C35H40ClN9O4. The van der Waals surface area contributed by atoms with Crippen molar-refractivity contribution >= 4 is 34.9 Å². The molecule has 14 heteroatoms. The lowest BCUT2D eigenvalue weighted by atomic mass is 9.89. The fraction of sp³-hybridized carbons (Fsp3) is 0.429. The Morgan fingerprint density at radius 1 is 1.16 bits per heavy atom. The molecule has 2 N–H and O–H groups in total. The van der Waals surface area contributed by atoms with Crippen molar-refractivity contribution in [3.63, 3.8) is 0 Å². The zero-order chi connectivity index (χ0) is 34.8. The van der Waals surface area contributed by atoms with Crippen LogP contribution < -0.4 is 20.3 Å². The first-order chi connectivity index (χ1) is 23.4. The summed E-state index contributed by atoms with van der Waals surface area (Å²) in [5, 5.41) is 20.7. The van der Waals surface area contributed by atoms with E-state index in [1.165, 1.54) is 6.20 Å². The van der Waals surface area contributed by atoms with Gasteiger partial charge in [0.05, 0.1) is 41.6 Å². The molecule has 0 spiro atoms. The average molecular weight is 686 g/mol. The summed E-state index contributed by atoms with van der Waals surface area (Å²) in [4.78, 5) is 38.4. The number of amides is 3. The van der Waals surface area contributed by atoms with E-state index >= 15 is 0 Å². The van der Waals surface area contributed by atoms with E-state index in [0.717, 1.165) is 29.8 Å². The first-order valence-electron chi connectivity index (χ1n) is 16.3. The maximum absolute atomic E-state index is 12.9. The van der Waals surface area contributed by atoms with E-state index in [1.54, 1.807) is 40.1 Å². The number of aromatic nitrogens is 4. The van der Waals surface area contributed by atoms with Crippen molar-refractivity contribution in [3.8, 4) is 22.9 Å². The summed E-state index contributed by atoms with van der Waals surface area (Å²) in [6.07, 6.45) is 7.75. The molecule has 0 aromatic carbocycles. The Labute approximate surface area is 290 Å². The van der Waals surface area contributed by atoms with Crippen LogP contribution >= 0.6 is 11.6 Å². The number of ether oxygens (including phenoxy) is 2. The Morgan fingerprint density at radius 3 is 2.65 bits per heavy atom. The number of anilines is 1. The standard InChI is InChI=1S/C35H40ClN9O4/c1-34(2,3)42-33(47)44-14-15-48-26(20-44)22-49-25-16-27(31-24(17-37)19-40-45(31)21-25)23-7-8-29(39-18-23)43-12-9-35(4,10-13-43)41-32(46)30-28(36)6-5-11-38-30/h5-8,11,16,18-19,21,26H,9-10,12-15,20,22H2,1-4H3,(H,41,46)(H,42,47)/t26-/m1/s1. The number of nitrogens with zero attached hydrogens (tertiary/aromatic N) is 7. The van der Waals surface area contributed by atoms with Crippen LogP contribution in [0.25, 0.3) is 16.6 Å². The predicted octanol–water partition coefficient (Wildman–Crippen LogP) is 4.69. The van der Waals surface area contributed by atoms with Crippen LogP contribution in [0.3, 0.4) is 0 Å². The van der Waals surface area contributed by atoms with E-state index in [4.69, 9.17) is 26.1 Å². The molecule has 49 heavy (non-hydrogen) atoms. The van der Waals surface area contributed by atoms with Crippen molar-refractivity contribution in [2.75, 3.05) is 44.3 Å². The Balaban J connectivity index is 1.13. The number of carbonyl (C=O) groups is 2. The van der Waals surface area contributed by atoms with E-state index in [9.17, 15) is 14.9 Å². The van der Waals surface area contributed by atoms with Crippen molar-refractivity contribution in [1.82, 2.24) is 35.1 Å². The van der Waals surface area contributed by atoms with Crippen LogP contribution in [0.2, 0.25) is 5.02 Å². The van der Waals surface area contributed by atoms with Crippen molar-refractivity contribution in [3.05, 3.63) is 71.4 Å². The van der Waals surface area contributed by atoms with Gasteiger partial charge in [0, 0.05) is 54.2 Å². The normalized spacial score (nSPS) is 17.8. The van der Waals surface area contributed by atoms with Crippen LogP contribution in [-0.4, -0.2) is 93.0 Å².